The van der Waals surface area contributed by atoms with E-state index in [0.29, 0.717) is 33.9 Å². The third kappa shape index (κ3) is 8.04. The fraction of sp³-hybridized carbons (Fsp3) is 0.182. The minimum atomic E-state index is -0.868. The van der Waals surface area contributed by atoms with Crippen molar-refractivity contribution >= 4 is 53.7 Å². The van der Waals surface area contributed by atoms with Crippen LogP contribution in [0.2, 0.25) is 0 Å². The van der Waals surface area contributed by atoms with E-state index in [4.69, 9.17) is 9.98 Å². The quantitative estimate of drug-likeness (QED) is 0.187. The second-order valence-corrected chi connectivity index (χ2v) is 14.2. The molecule has 0 aliphatic carbocycles. The standard InChI is InChI=1S/C34H34N4O4.2C5H5N.Fe/c1-7-21-17(3)25-13-26-19(5)23(9-11-33(39)40)31(37-26)16-32-24(10-12-34(41)42)20(6)28(38-32)15-30-22(8-2)18(4)27(36-30)14-29(21)35-25;2*1-2-4-6-5-3-1;/h7-8,13-16H,1-2,9-12H2,3-6H3,(H4,35,36,37,38,39,40,41,42);2*1-5H;/q;;;+2/p-2/b25-13?,26-13-,27-14?,28-15-,29-14-,30-15?,31-16-,32-16?;;;. The number of allylic oxidation sites excluding steroid dienone is 4. The summed E-state index contributed by atoms with van der Waals surface area (Å²) in [7, 11) is 0. The van der Waals surface area contributed by atoms with Gasteiger partial charge in [0.15, 0.2) is 0 Å². The smallest absolute Gasteiger partial charge is 0.0267 e. The molecule has 280 valence electrons. The van der Waals surface area contributed by atoms with E-state index >= 15 is 0 Å². The number of aliphatic imine (C=N–C) groups is 2. The molecule has 0 fully saturated rings. The van der Waals surface area contributed by atoms with E-state index in [0.717, 1.165) is 83.7 Å². The van der Waals surface area contributed by atoms with Crippen LogP contribution in [-0.2, 0) is 31.4 Å². The van der Waals surface area contributed by atoms with Crippen molar-refractivity contribution < 1.29 is 35.2 Å². The van der Waals surface area contributed by atoms with Crippen molar-refractivity contribution in [1.29, 1.82) is 0 Å². The van der Waals surface area contributed by atoms with Crippen molar-refractivity contribution in [2.45, 2.75) is 53.4 Å². The number of aliphatic carboxylic acids is 2. The van der Waals surface area contributed by atoms with Gasteiger partial charge in [0, 0.05) is 24.8 Å². The molecule has 10 nitrogen and oxygen atoms in total. The number of pyridine rings is 2. The number of carbonyl (C=O) groups is 2. The van der Waals surface area contributed by atoms with Crippen LogP contribution in [0, 0.1) is 13.8 Å². The number of rotatable bonds is 8. The van der Waals surface area contributed by atoms with Gasteiger partial charge in [-0.1, -0.05) is 12.1 Å². The van der Waals surface area contributed by atoms with Crippen molar-refractivity contribution in [3.8, 4) is 0 Å². The number of aromatic nitrogens is 4. The van der Waals surface area contributed by atoms with Crippen LogP contribution in [0.3, 0.4) is 0 Å². The topological polar surface area (TPSA) is 135 Å². The fourth-order valence-electron chi connectivity index (χ4n) is 6.76. The molecular weight excluding hydrogens is 732 g/mol. The number of fused-ring (bicyclic) bond motifs is 2. The Morgan fingerprint density at radius 3 is 1.80 bits per heavy atom. The predicted molar refractivity (Wildman–Crippen MR) is 215 cm³/mol. The molecule has 4 aromatic heterocycles. The van der Waals surface area contributed by atoms with Gasteiger partial charge in [-0.05, 0) is 24.3 Å². The molecule has 4 aromatic rings. The van der Waals surface area contributed by atoms with Crippen LogP contribution < -0.4 is 10.7 Å². The van der Waals surface area contributed by atoms with Crippen molar-refractivity contribution in [2.75, 3.05) is 0 Å². The minimum absolute atomic E-state index is 0.0140. The molecule has 55 heavy (non-hydrogen) atoms. The summed E-state index contributed by atoms with van der Waals surface area (Å²) in [5.74, 6) is -1.74. The van der Waals surface area contributed by atoms with Gasteiger partial charge in [0.2, 0.25) is 0 Å². The van der Waals surface area contributed by atoms with E-state index in [1.165, 1.54) is 0 Å². The molecule has 6 bridgehead atoms. The first-order chi connectivity index (χ1) is 26.5. The normalized spacial score (nSPS) is 18.0. The second kappa shape index (κ2) is 16.9. The first kappa shape index (κ1) is 38.6. The molecule has 0 spiro atoms. The Hall–Kier alpha value is -6.16. The molecule has 0 saturated heterocycles. The number of nitrogens with zero attached hydrogens (tertiary/aromatic N) is 6. The average Bonchev–Trinajstić information content (AvgIpc) is 3.82. The van der Waals surface area contributed by atoms with Crippen molar-refractivity contribution in [3.05, 3.63) is 158 Å². The first-order valence-corrected chi connectivity index (χ1v) is 18.8. The number of carboxylic acid groups (broad SMARTS) is 2. The van der Waals surface area contributed by atoms with Gasteiger partial charge in [0.05, 0.1) is 0 Å². The Kier molecular flexibility index (Phi) is 11.8. The van der Waals surface area contributed by atoms with E-state index in [2.05, 4.69) is 55.4 Å². The molecule has 11 heteroatoms. The molecule has 2 N–H and O–H groups in total. The van der Waals surface area contributed by atoms with Gasteiger partial charge in [-0.15, -0.1) is 0 Å². The zero-order valence-electron chi connectivity index (χ0n) is 31.2. The Balaban J connectivity index is 0.000000364. The molecule has 0 atom stereocenters. The number of hydrogen-bond donors (Lipinski definition) is 2. The van der Waals surface area contributed by atoms with Gasteiger partial charge in [-0.25, -0.2) is 0 Å². The Bertz CT molecular complexity index is 2450. The van der Waals surface area contributed by atoms with Crippen LogP contribution in [0.25, 0.3) is 30.4 Å². The molecule has 0 radical (unpaired) electrons. The van der Waals surface area contributed by atoms with E-state index in [-0.39, 0.29) is 12.8 Å². The summed E-state index contributed by atoms with van der Waals surface area (Å²) in [5, 5.41) is 21.0. The Morgan fingerprint density at radius 1 is 0.673 bits per heavy atom. The summed E-state index contributed by atoms with van der Waals surface area (Å²) in [4.78, 5) is 41.0. The SMILES string of the molecule is C=CC1=C(C)C2=NC/1=C\c1c(C)c(C=C)c3[n]1[Fe][n]1/c(c(C)c(CCC(=O)O)/c1=C/C1=NC(=C\3)/C(C)=C1CCC(=O)O)=C\2.c1ccncc1.c1ccncc1. The third-order valence-corrected chi connectivity index (χ3v) is 11.2. The molecule has 8 heterocycles. The van der Waals surface area contributed by atoms with E-state index in [9.17, 15) is 19.8 Å². The maximum Gasteiger partial charge on any atom is 0.0267 e. The zero-order chi connectivity index (χ0) is 39.2. The molecule has 0 saturated carbocycles. The predicted octanol–water partition coefficient (Wildman–Crippen LogP) is 6.90. The molecular formula is C44H42FeN6O4. The van der Waals surface area contributed by atoms with Crippen molar-refractivity contribution in [2.24, 2.45) is 9.98 Å². The fourth-order valence-corrected chi connectivity index (χ4v) is 8.40. The van der Waals surface area contributed by atoms with Gasteiger partial charge < -0.3 is 0 Å². The summed E-state index contributed by atoms with van der Waals surface area (Å²) in [6.07, 6.45) is 19.7. The van der Waals surface area contributed by atoms with Crippen molar-refractivity contribution in [1.82, 2.24) is 17.1 Å². The van der Waals surface area contributed by atoms with Gasteiger partial charge in [-0.3, -0.25) is 9.97 Å². The van der Waals surface area contributed by atoms with Crippen LogP contribution in [0.15, 0.2) is 124 Å². The van der Waals surface area contributed by atoms with Gasteiger partial charge in [0.25, 0.3) is 0 Å². The third-order valence-electron chi connectivity index (χ3n) is 9.68. The maximum absolute atomic E-state index is 11.8. The largest absolute Gasteiger partial charge is 0.265 e. The summed E-state index contributed by atoms with van der Waals surface area (Å²) < 4.78 is 4.47. The molecule has 0 unspecified atom stereocenters. The number of carboxylic acids is 2. The van der Waals surface area contributed by atoms with Gasteiger partial charge in [0.1, 0.15) is 0 Å². The second-order valence-electron chi connectivity index (χ2n) is 13.0. The molecule has 4 aliphatic rings. The van der Waals surface area contributed by atoms with E-state index in [1.807, 2.05) is 75.4 Å². The summed E-state index contributed by atoms with van der Waals surface area (Å²) in [6.45, 7) is 16.4. The van der Waals surface area contributed by atoms with Crippen LogP contribution in [-0.4, -0.2) is 50.7 Å². The average molecular weight is 775 g/mol. The summed E-state index contributed by atoms with van der Waals surface area (Å²) in [5.41, 5.74) is 12.9. The minimum Gasteiger partial charge on any atom is -0.265 e. The summed E-state index contributed by atoms with van der Waals surface area (Å²) in [6, 6.07) is 11.4. The Labute approximate surface area is 326 Å². The first-order valence-electron chi connectivity index (χ1n) is 17.8. The molecule has 4 aliphatic heterocycles. The van der Waals surface area contributed by atoms with Crippen molar-refractivity contribution in [3.63, 3.8) is 0 Å². The Morgan fingerprint density at radius 2 is 1.25 bits per heavy atom. The zero-order valence-corrected chi connectivity index (χ0v) is 32.3. The molecule has 8 rings (SSSR count). The van der Waals surface area contributed by atoms with E-state index < -0.39 is 11.9 Å². The number of hydrogen-bond acceptors (Lipinski definition) is 6. The van der Waals surface area contributed by atoms with Crippen LogP contribution in [0.5, 0.6) is 0 Å². The van der Waals surface area contributed by atoms with Crippen LogP contribution in [0.4, 0.5) is 0 Å². The van der Waals surface area contributed by atoms with Gasteiger partial charge >= 0.3 is 257 Å². The van der Waals surface area contributed by atoms with Crippen LogP contribution >= 0.6 is 0 Å². The maximum atomic E-state index is 11.8. The molecule has 0 aromatic carbocycles. The van der Waals surface area contributed by atoms with Gasteiger partial charge in [-0.2, -0.15) is 0 Å². The summed E-state index contributed by atoms with van der Waals surface area (Å²) >= 11 is 0.463. The molecule has 0 amide bonds. The monoisotopic (exact) mass is 774 g/mol. The van der Waals surface area contributed by atoms with E-state index in [1.54, 1.807) is 24.8 Å². The van der Waals surface area contributed by atoms with Crippen LogP contribution in [0.1, 0.15) is 66.8 Å².